The standard InChI is InChI=1S/C10H12BrN3O4S/c11-7-1-3-8(4-2-7)19(17,18)14(5-9(12)15)6-10(13)16/h1-4H,5-6H2,(H2,12,15)(H2,13,16). The Bertz CT molecular complexity index is 569. The van der Waals surface area contributed by atoms with Gasteiger partial charge < -0.3 is 11.5 Å². The third-order valence-corrected chi connectivity index (χ3v) is 4.45. The minimum atomic E-state index is -4.00. The van der Waals surface area contributed by atoms with E-state index in [2.05, 4.69) is 15.9 Å². The summed E-state index contributed by atoms with van der Waals surface area (Å²) in [5.74, 6) is -1.75. The fraction of sp³-hybridized carbons (Fsp3) is 0.200. The average molecular weight is 350 g/mol. The van der Waals surface area contributed by atoms with Crippen molar-refractivity contribution in [2.24, 2.45) is 11.5 Å². The van der Waals surface area contributed by atoms with Crippen molar-refractivity contribution < 1.29 is 18.0 Å². The van der Waals surface area contributed by atoms with Crippen LogP contribution in [-0.4, -0.2) is 37.6 Å². The summed E-state index contributed by atoms with van der Waals surface area (Å²) in [6, 6.07) is 5.74. The van der Waals surface area contributed by atoms with Gasteiger partial charge in [-0.25, -0.2) is 8.42 Å². The first-order valence-electron chi connectivity index (χ1n) is 5.06. The Morgan fingerprint density at radius 1 is 1.05 bits per heavy atom. The van der Waals surface area contributed by atoms with Crippen LogP contribution in [0.15, 0.2) is 33.6 Å². The molecule has 0 aliphatic heterocycles. The summed E-state index contributed by atoms with van der Waals surface area (Å²) in [6.07, 6.45) is 0. The van der Waals surface area contributed by atoms with Crippen LogP contribution in [0.3, 0.4) is 0 Å². The van der Waals surface area contributed by atoms with E-state index in [0.717, 1.165) is 0 Å². The molecule has 0 saturated heterocycles. The van der Waals surface area contributed by atoms with E-state index >= 15 is 0 Å². The number of rotatable bonds is 6. The van der Waals surface area contributed by atoms with Crippen molar-refractivity contribution in [1.82, 2.24) is 4.31 Å². The molecule has 0 atom stereocenters. The van der Waals surface area contributed by atoms with Gasteiger partial charge in [-0.15, -0.1) is 0 Å². The van der Waals surface area contributed by atoms with E-state index in [4.69, 9.17) is 11.5 Å². The van der Waals surface area contributed by atoms with Gasteiger partial charge in [-0.2, -0.15) is 4.31 Å². The highest BCUT2D eigenvalue weighted by Crippen LogP contribution is 2.18. The van der Waals surface area contributed by atoms with Crippen LogP contribution >= 0.6 is 15.9 Å². The maximum atomic E-state index is 12.2. The number of nitrogens with zero attached hydrogens (tertiary/aromatic N) is 1. The zero-order valence-corrected chi connectivity index (χ0v) is 12.1. The van der Waals surface area contributed by atoms with Crippen molar-refractivity contribution in [2.45, 2.75) is 4.90 Å². The molecule has 0 radical (unpaired) electrons. The van der Waals surface area contributed by atoms with Crippen LogP contribution in [0.4, 0.5) is 0 Å². The Kier molecular flexibility index (Phi) is 5.04. The molecule has 1 rings (SSSR count). The molecule has 0 aliphatic rings. The lowest BCUT2D eigenvalue weighted by Crippen LogP contribution is -2.43. The number of carbonyl (C=O) groups excluding carboxylic acids is 2. The van der Waals surface area contributed by atoms with Crippen LogP contribution in [0.25, 0.3) is 0 Å². The topological polar surface area (TPSA) is 124 Å². The summed E-state index contributed by atoms with van der Waals surface area (Å²) < 4.78 is 25.8. The molecule has 0 bridgehead atoms. The van der Waals surface area contributed by atoms with Crippen LogP contribution < -0.4 is 11.5 Å². The van der Waals surface area contributed by atoms with Gasteiger partial charge in [-0.3, -0.25) is 9.59 Å². The van der Waals surface area contributed by atoms with Gasteiger partial charge in [0.15, 0.2) is 0 Å². The summed E-state index contributed by atoms with van der Waals surface area (Å²) in [5, 5.41) is 0. The zero-order chi connectivity index (χ0) is 14.6. The second-order valence-electron chi connectivity index (χ2n) is 3.66. The predicted octanol–water partition coefficient (Wildman–Crippen LogP) is -0.590. The van der Waals surface area contributed by atoms with Crippen LogP contribution in [0.5, 0.6) is 0 Å². The predicted molar refractivity (Wildman–Crippen MR) is 71.3 cm³/mol. The van der Waals surface area contributed by atoms with E-state index in [-0.39, 0.29) is 4.90 Å². The van der Waals surface area contributed by atoms with Crippen LogP contribution in [0.2, 0.25) is 0 Å². The molecule has 0 unspecified atom stereocenters. The Balaban J connectivity index is 3.14. The third-order valence-electron chi connectivity index (χ3n) is 2.12. The second-order valence-corrected chi connectivity index (χ2v) is 6.51. The van der Waals surface area contributed by atoms with Gasteiger partial charge in [0.1, 0.15) is 0 Å². The van der Waals surface area contributed by atoms with Gasteiger partial charge in [0.2, 0.25) is 21.8 Å². The number of nitrogens with two attached hydrogens (primary N) is 2. The first kappa shape index (κ1) is 15.6. The van der Waals surface area contributed by atoms with Gasteiger partial charge in [0.25, 0.3) is 0 Å². The molecule has 0 aliphatic carbocycles. The molecular weight excluding hydrogens is 338 g/mol. The highest BCUT2D eigenvalue weighted by atomic mass is 79.9. The average Bonchev–Trinajstić information content (AvgIpc) is 2.27. The number of sulfonamides is 1. The highest BCUT2D eigenvalue weighted by molar-refractivity contribution is 9.10. The summed E-state index contributed by atoms with van der Waals surface area (Å²) in [5.41, 5.74) is 9.93. The Labute approximate surface area is 118 Å². The molecule has 0 aromatic heterocycles. The fourth-order valence-electron chi connectivity index (χ4n) is 1.33. The molecule has 1 aromatic carbocycles. The van der Waals surface area contributed by atoms with Crippen molar-refractivity contribution in [3.8, 4) is 0 Å². The lowest BCUT2D eigenvalue weighted by molar-refractivity contribution is -0.120. The summed E-state index contributed by atoms with van der Waals surface area (Å²) in [7, 11) is -4.00. The van der Waals surface area contributed by atoms with Gasteiger partial charge in [0.05, 0.1) is 18.0 Å². The monoisotopic (exact) mass is 349 g/mol. The quantitative estimate of drug-likeness (QED) is 0.712. The van der Waals surface area contributed by atoms with Crippen LogP contribution in [0.1, 0.15) is 0 Å². The molecule has 1 aromatic rings. The maximum absolute atomic E-state index is 12.2. The number of amides is 2. The number of primary amides is 2. The first-order chi connectivity index (χ1) is 8.73. The largest absolute Gasteiger partial charge is 0.369 e. The van der Waals surface area contributed by atoms with E-state index in [0.29, 0.717) is 8.78 Å². The number of benzene rings is 1. The van der Waals surface area contributed by atoms with Crippen molar-refractivity contribution >= 4 is 37.8 Å². The van der Waals surface area contributed by atoms with Crippen molar-refractivity contribution in [2.75, 3.05) is 13.1 Å². The molecule has 19 heavy (non-hydrogen) atoms. The molecule has 0 fully saturated rings. The maximum Gasteiger partial charge on any atom is 0.244 e. The van der Waals surface area contributed by atoms with Gasteiger partial charge in [-0.1, -0.05) is 15.9 Å². The van der Waals surface area contributed by atoms with Crippen molar-refractivity contribution in [3.05, 3.63) is 28.7 Å². The van der Waals surface area contributed by atoms with Gasteiger partial charge >= 0.3 is 0 Å². The normalized spacial score (nSPS) is 11.5. The smallest absolute Gasteiger partial charge is 0.244 e. The molecule has 7 nitrogen and oxygen atoms in total. The van der Waals surface area contributed by atoms with E-state index in [1.54, 1.807) is 0 Å². The van der Waals surface area contributed by atoms with E-state index in [1.165, 1.54) is 24.3 Å². The lowest BCUT2D eigenvalue weighted by Gasteiger charge is -2.19. The molecule has 4 N–H and O–H groups in total. The number of hydrogen-bond donors (Lipinski definition) is 2. The highest BCUT2D eigenvalue weighted by Gasteiger charge is 2.27. The summed E-state index contributed by atoms with van der Waals surface area (Å²) >= 11 is 3.17. The molecule has 104 valence electrons. The summed E-state index contributed by atoms with van der Waals surface area (Å²) in [4.78, 5) is 21.7. The minimum absolute atomic E-state index is 0.0572. The zero-order valence-electron chi connectivity index (χ0n) is 9.74. The van der Waals surface area contributed by atoms with E-state index in [1.807, 2.05) is 0 Å². The Morgan fingerprint density at radius 3 is 1.84 bits per heavy atom. The SMILES string of the molecule is NC(=O)CN(CC(N)=O)S(=O)(=O)c1ccc(Br)cc1. The molecule has 0 spiro atoms. The fourth-order valence-corrected chi connectivity index (χ4v) is 2.97. The third kappa shape index (κ3) is 4.30. The van der Waals surface area contributed by atoms with Crippen molar-refractivity contribution in [3.63, 3.8) is 0 Å². The van der Waals surface area contributed by atoms with Gasteiger partial charge in [-0.05, 0) is 24.3 Å². The molecule has 2 amide bonds. The minimum Gasteiger partial charge on any atom is -0.369 e. The van der Waals surface area contributed by atoms with Crippen LogP contribution in [-0.2, 0) is 19.6 Å². The molecular formula is C10H12BrN3O4S. The molecule has 0 saturated carbocycles. The van der Waals surface area contributed by atoms with Gasteiger partial charge in [0, 0.05) is 4.47 Å². The summed E-state index contributed by atoms with van der Waals surface area (Å²) in [6.45, 7) is -1.22. The first-order valence-corrected chi connectivity index (χ1v) is 7.29. The second kappa shape index (κ2) is 6.13. The number of hydrogen-bond acceptors (Lipinski definition) is 4. The molecule has 0 heterocycles. The van der Waals surface area contributed by atoms with Crippen molar-refractivity contribution in [1.29, 1.82) is 0 Å². The van der Waals surface area contributed by atoms with Crippen LogP contribution in [0, 0.1) is 0 Å². The van der Waals surface area contributed by atoms with E-state index in [9.17, 15) is 18.0 Å². The molecule has 9 heteroatoms. The number of carbonyl (C=O) groups is 2. The Morgan fingerprint density at radius 2 is 1.47 bits per heavy atom. The lowest BCUT2D eigenvalue weighted by atomic mass is 10.4. The Hall–Kier alpha value is -1.45. The number of halogens is 1. The van der Waals surface area contributed by atoms with E-state index < -0.39 is 34.9 Å².